The van der Waals surface area contributed by atoms with Crippen LogP contribution in [-0.4, -0.2) is 52.4 Å². The third kappa shape index (κ3) is 6.15. The highest BCUT2D eigenvalue weighted by Gasteiger charge is 2.20. The minimum absolute atomic E-state index is 0.0695. The number of fused-ring (bicyclic) bond motifs is 1. The van der Waals surface area contributed by atoms with Crippen LogP contribution in [0.2, 0.25) is 0 Å². The van der Waals surface area contributed by atoms with Crippen molar-refractivity contribution in [2.45, 2.75) is 44.1 Å². The predicted molar refractivity (Wildman–Crippen MR) is 135 cm³/mol. The van der Waals surface area contributed by atoms with Crippen LogP contribution >= 0.6 is 11.8 Å². The van der Waals surface area contributed by atoms with Crippen molar-refractivity contribution in [1.29, 1.82) is 0 Å². The minimum atomic E-state index is -0.461. The summed E-state index contributed by atoms with van der Waals surface area (Å²) >= 11 is 1.30. The number of rotatable bonds is 11. The average Bonchev–Trinajstić information content (AvgIpc) is 2.83. The lowest BCUT2D eigenvalue weighted by Crippen LogP contribution is -2.29. The Balaban J connectivity index is 1.84. The summed E-state index contributed by atoms with van der Waals surface area (Å²) < 4.78 is 7.04. The van der Waals surface area contributed by atoms with E-state index in [0.717, 1.165) is 26.1 Å². The van der Waals surface area contributed by atoms with E-state index < -0.39 is 5.25 Å². The summed E-state index contributed by atoms with van der Waals surface area (Å²) in [6.45, 7) is 9.49. The number of para-hydroxylation sites is 3. The molecule has 0 spiro atoms. The first kappa shape index (κ1) is 24.8. The second kappa shape index (κ2) is 11.9. The number of methoxy groups -OCH3 is 1. The molecule has 3 aromatic rings. The number of anilines is 1. The maximum atomic E-state index is 13.3. The van der Waals surface area contributed by atoms with Crippen LogP contribution < -0.4 is 15.6 Å². The van der Waals surface area contributed by atoms with Gasteiger partial charge in [0.2, 0.25) is 5.91 Å². The molecule has 0 aliphatic carbocycles. The second-order valence-corrected chi connectivity index (χ2v) is 9.01. The summed E-state index contributed by atoms with van der Waals surface area (Å²) in [6.07, 6.45) is 0.830. The number of amides is 1. The standard InChI is InChI=1S/C25H32N4O3S/c1-5-28(6-2)16-11-17-29-24(31)19-12-7-8-13-20(19)27-25(29)33-18(3)23(30)26-21-14-9-10-15-22(21)32-4/h7-10,12-15,18H,5-6,11,16-17H2,1-4H3,(H,26,30). The normalized spacial score (nSPS) is 12.2. The first-order chi connectivity index (χ1) is 16.0. The quantitative estimate of drug-likeness (QED) is 0.335. The molecule has 0 radical (unpaired) electrons. The molecule has 0 aliphatic rings. The van der Waals surface area contributed by atoms with Crippen LogP contribution in [0.3, 0.4) is 0 Å². The van der Waals surface area contributed by atoms with Crippen LogP contribution in [0.15, 0.2) is 58.5 Å². The van der Waals surface area contributed by atoms with Gasteiger partial charge in [-0.2, -0.15) is 0 Å². The highest BCUT2D eigenvalue weighted by molar-refractivity contribution is 8.00. The number of benzene rings is 2. The summed E-state index contributed by atoms with van der Waals surface area (Å²) in [7, 11) is 1.57. The summed E-state index contributed by atoms with van der Waals surface area (Å²) in [5.41, 5.74) is 1.18. The van der Waals surface area contributed by atoms with Gasteiger partial charge in [-0.05, 0) is 57.2 Å². The molecule has 1 atom stereocenters. The monoisotopic (exact) mass is 468 g/mol. The lowest BCUT2D eigenvalue weighted by molar-refractivity contribution is -0.115. The number of hydrogen-bond acceptors (Lipinski definition) is 6. The van der Waals surface area contributed by atoms with Crippen molar-refractivity contribution >= 4 is 34.3 Å². The van der Waals surface area contributed by atoms with E-state index in [0.29, 0.717) is 34.0 Å². The maximum Gasteiger partial charge on any atom is 0.262 e. The van der Waals surface area contributed by atoms with Crippen molar-refractivity contribution < 1.29 is 9.53 Å². The van der Waals surface area contributed by atoms with Gasteiger partial charge in [0.15, 0.2) is 5.16 Å². The Labute approximate surface area is 199 Å². The zero-order valence-electron chi connectivity index (χ0n) is 19.7. The topological polar surface area (TPSA) is 76.5 Å². The van der Waals surface area contributed by atoms with Crippen molar-refractivity contribution in [3.8, 4) is 5.75 Å². The molecule has 0 bridgehead atoms. The zero-order valence-corrected chi connectivity index (χ0v) is 20.5. The smallest absolute Gasteiger partial charge is 0.262 e. The van der Waals surface area contributed by atoms with Gasteiger partial charge in [0.05, 0.1) is 29.0 Å². The van der Waals surface area contributed by atoms with Crippen LogP contribution in [-0.2, 0) is 11.3 Å². The number of carbonyl (C=O) groups is 1. The van der Waals surface area contributed by atoms with E-state index in [1.165, 1.54) is 11.8 Å². The number of thioether (sulfide) groups is 1. The fraction of sp³-hybridized carbons (Fsp3) is 0.400. The van der Waals surface area contributed by atoms with Crippen LogP contribution in [0.5, 0.6) is 5.75 Å². The summed E-state index contributed by atoms with van der Waals surface area (Å²) in [6, 6.07) is 14.6. The van der Waals surface area contributed by atoms with Crippen LogP contribution in [0.25, 0.3) is 10.9 Å². The molecule has 0 fully saturated rings. The molecule has 0 saturated heterocycles. The largest absolute Gasteiger partial charge is 0.495 e. The zero-order chi connectivity index (χ0) is 23.8. The van der Waals surface area contributed by atoms with Crippen molar-refractivity contribution in [2.75, 3.05) is 32.1 Å². The van der Waals surface area contributed by atoms with E-state index in [-0.39, 0.29) is 11.5 Å². The first-order valence-corrected chi connectivity index (χ1v) is 12.2. The Morgan fingerprint density at radius 3 is 2.58 bits per heavy atom. The molecular formula is C25H32N4O3S. The molecule has 7 nitrogen and oxygen atoms in total. The molecule has 0 saturated carbocycles. The Kier molecular flexibility index (Phi) is 8.91. The van der Waals surface area contributed by atoms with Gasteiger partial charge in [-0.1, -0.05) is 49.9 Å². The minimum Gasteiger partial charge on any atom is -0.495 e. The SMILES string of the molecule is CCN(CC)CCCn1c(SC(C)C(=O)Nc2ccccc2OC)nc2ccccc2c1=O. The van der Waals surface area contributed by atoms with E-state index in [1.54, 1.807) is 29.9 Å². The fourth-order valence-corrected chi connectivity index (χ4v) is 4.56. The number of carbonyl (C=O) groups excluding carboxylic acids is 1. The molecular weight excluding hydrogens is 436 g/mol. The molecule has 1 unspecified atom stereocenters. The first-order valence-electron chi connectivity index (χ1n) is 11.3. The average molecular weight is 469 g/mol. The van der Waals surface area contributed by atoms with Crippen molar-refractivity contribution in [3.63, 3.8) is 0 Å². The highest BCUT2D eigenvalue weighted by atomic mass is 32.2. The Bertz CT molecular complexity index is 1140. The van der Waals surface area contributed by atoms with Gasteiger partial charge < -0.3 is 15.0 Å². The molecule has 33 heavy (non-hydrogen) atoms. The molecule has 3 rings (SSSR count). The van der Waals surface area contributed by atoms with Gasteiger partial charge in [0.25, 0.3) is 5.56 Å². The van der Waals surface area contributed by atoms with E-state index in [2.05, 4.69) is 24.1 Å². The van der Waals surface area contributed by atoms with E-state index in [9.17, 15) is 9.59 Å². The second-order valence-electron chi connectivity index (χ2n) is 7.70. The third-order valence-corrected chi connectivity index (χ3v) is 6.68. The number of nitrogens with zero attached hydrogens (tertiary/aromatic N) is 3. The number of aromatic nitrogens is 2. The molecule has 1 aromatic heterocycles. The molecule has 8 heteroatoms. The van der Waals surface area contributed by atoms with Gasteiger partial charge in [-0.15, -0.1) is 0 Å². The van der Waals surface area contributed by atoms with Crippen molar-refractivity contribution in [1.82, 2.24) is 14.5 Å². The summed E-state index contributed by atoms with van der Waals surface area (Å²) in [5.74, 6) is 0.418. The Morgan fingerprint density at radius 2 is 1.85 bits per heavy atom. The van der Waals surface area contributed by atoms with Crippen molar-refractivity contribution in [3.05, 3.63) is 58.9 Å². The van der Waals surface area contributed by atoms with E-state index in [4.69, 9.17) is 9.72 Å². The van der Waals surface area contributed by atoms with Gasteiger partial charge in [-0.25, -0.2) is 4.98 Å². The molecule has 1 N–H and O–H groups in total. The number of nitrogens with one attached hydrogen (secondary N) is 1. The Morgan fingerprint density at radius 1 is 1.15 bits per heavy atom. The van der Waals surface area contributed by atoms with Gasteiger partial charge in [0.1, 0.15) is 5.75 Å². The van der Waals surface area contributed by atoms with Gasteiger partial charge >= 0.3 is 0 Å². The molecule has 1 amide bonds. The summed E-state index contributed by atoms with van der Waals surface area (Å²) in [5, 5.41) is 3.61. The maximum absolute atomic E-state index is 13.3. The molecule has 2 aromatic carbocycles. The van der Waals surface area contributed by atoms with Gasteiger partial charge in [0, 0.05) is 6.54 Å². The van der Waals surface area contributed by atoms with Crippen LogP contribution in [0, 0.1) is 0 Å². The summed E-state index contributed by atoms with van der Waals surface area (Å²) in [4.78, 5) is 33.3. The lowest BCUT2D eigenvalue weighted by atomic mass is 10.2. The molecule has 176 valence electrons. The lowest BCUT2D eigenvalue weighted by Gasteiger charge is -2.20. The number of hydrogen-bond donors (Lipinski definition) is 1. The van der Waals surface area contributed by atoms with E-state index >= 15 is 0 Å². The van der Waals surface area contributed by atoms with E-state index in [1.807, 2.05) is 37.3 Å². The third-order valence-electron chi connectivity index (χ3n) is 5.59. The van der Waals surface area contributed by atoms with Gasteiger partial charge in [-0.3, -0.25) is 14.2 Å². The predicted octanol–water partition coefficient (Wildman–Crippen LogP) is 4.26. The van der Waals surface area contributed by atoms with Crippen LogP contribution in [0.4, 0.5) is 5.69 Å². The molecule has 0 aliphatic heterocycles. The highest BCUT2D eigenvalue weighted by Crippen LogP contribution is 2.27. The molecule has 1 heterocycles. The number of ether oxygens (including phenoxy) is 1. The fourth-order valence-electron chi connectivity index (χ4n) is 3.62. The Hall–Kier alpha value is -2.84. The van der Waals surface area contributed by atoms with Crippen LogP contribution in [0.1, 0.15) is 27.2 Å². The van der Waals surface area contributed by atoms with Crippen molar-refractivity contribution in [2.24, 2.45) is 0 Å².